The van der Waals surface area contributed by atoms with Gasteiger partial charge in [-0.15, -0.1) is 0 Å². The summed E-state index contributed by atoms with van der Waals surface area (Å²) in [6.45, 7) is 6.40. The van der Waals surface area contributed by atoms with Crippen molar-refractivity contribution in [3.05, 3.63) is 53.6 Å². The van der Waals surface area contributed by atoms with E-state index in [-0.39, 0.29) is 30.0 Å². The minimum absolute atomic E-state index is 0.0252. The minimum Gasteiger partial charge on any atom is -0.493 e. The van der Waals surface area contributed by atoms with Crippen LogP contribution >= 0.6 is 0 Å². The third-order valence-electron chi connectivity index (χ3n) is 7.17. The molecule has 0 N–H and O–H groups in total. The van der Waals surface area contributed by atoms with Crippen molar-refractivity contribution in [3.8, 4) is 11.5 Å². The molecule has 0 heterocycles. The van der Waals surface area contributed by atoms with Gasteiger partial charge in [0.15, 0.2) is 11.5 Å². The molecule has 0 fully saturated rings. The van der Waals surface area contributed by atoms with Crippen molar-refractivity contribution in [1.29, 1.82) is 0 Å². The van der Waals surface area contributed by atoms with Gasteiger partial charge < -0.3 is 13.8 Å². The third kappa shape index (κ3) is 11.2. The van der Waals surface area contributed by atoms with Crippen LogP contribution in [0.25, 0.3) is 0 Å². The highest BCUT2D eigenvalue weighted by molar-refractivity contribution is 7.87. The van der Waals surface area contributed by atoms with Gasteiger partial charge in [-0.1, -0.05) is 77.3 Å². The van der Waals surface area contributed by atoms with E-state index in [2.05, 4.69) is 6.92 Å². The Morgan fingerprint density at radius 2 is 1.54 bits per heavy atom. The fourth-order valence-corrected chi connectivity index (χ4v) is 5.50. The molecule has 6 nitrogen and oxygen atoms in total. The van der Waals surface area contributed by atoms with Gasteiger partial charge in [0, 0.05) is 19.0 Å². The quantitative estimate of drug-likeness (QED) is 0.127. The number of amides is 1. The zero-order valence-corrected chi connectivity index (χ0v) is 25.5. The van der Waals surface area contributed by atoms with E-state index < -0.39 is 26.8 Å². The Balaban J connectivity index is 2.11. The molecule has 2 aromatic rings. The second-order valence-corrected chi connectivity index (χ2v) is 12.0. The lowest BCUT2D eigenvalue weighted by Gasteiger charge is -2.29. The van der Waals surface area contributed by atoms with Crippen LogP contribution in [-0.2, 0) is 27.6 Å². The summed E-state index contributed by atoms with van der Waals surface area (Å²) < 4.78 is 75.7. The molecule has 1 amide bonds. The molecular weight excluding hydrogens is 555 g/mol. The molecule has 2 aromatic carbocycles. The second-order valence-electron chi connectivity index (χ2n) is 10.4. The Morgan fingerprint density at radius 3 is 2.12 bits per heavy atom. The molecule has 0 radical (unpaired) electrons. The van der Waals surface area contributed by atoms with Crippen molar-refractivity contribution >= 4 is 16.0 Å². The molecule has 1 atom stereocenters. The Kier molecular flexibility index (Phi) is 14.0. The average Bonchev–Trinajstić information content (AvgIpc) is 2.94. The largest absolute Gasteiger partial charge is 0.493 e. The second kappa shape index (κ2) is 16.6. The fraction of sp³-hybridized carbons (Fsp3) is 0.581. The number of benzene rings is 2. The van der Waals surface area contributed by atoms with Gasteiger partial charge in [-0.25, -0.2) is 0 Å². The Labute approximate surface area is 243 Å². The zero-order chi connectivity index (χ0) is 30.5. The summed E-state index contributed by atoms with van der Waals surface area (Å²) in [6, 6.07) is 8.01. The molecular formula is C31H44F3NO5S. The van der Waals surface area contributed by atoms with Crippen LogP contribution in [0.1, 0.15) is 103 Å². The minimum atomic E-state index is -4.71. The summed E-state index contributed by atoms with van der Waals surface area (Å²) in [4.78, 5) is 14.3. The fourth-order valence-electron chi connectivity index (χ4n) is 4.52. The lowest BCUT2D eigenvalue weighted by molar-refractivity contribution is -0.137. The van der Waals surface area contributed by atoms with Crippen LogP contribution in [0, 0.1) is 0 Å². The Morgan fingerprint density at radius 1 is 0.902 bits per heavy atom. The van der Waals surface area contributed by atoms with Crippen LogP contribution in [-0.4, -0.2) is 32.4 Å². The lowest BCUT2D eigenvalue weighted by atomic mass is 10.1. The molecule has 0 aromatic heterocycles. The third-order valence-corrected chi connectivity index (χ3v) is 8.40. The van der Waals surface area contributed by atoms with Crippen LogP contribution in [0.5, 0.6) is 11.5 Å². The van der Waals surface area contributed by atoms with Crippen LogP contribution in [0.2, 0.25) is 0 Å². The topological polar surface area (TPSA) is 72.9 Å². The SMILES string of the molecule is CCCCCCCCCCCC(=O)N(Cc1ccc(OC)c(OS(=O)(=O)c2cccc(C(F)(F)F)c2)c1)C(C)CC. The number of nitrogens with zero attached hydrogens (tertiary/aromatic N) is 1. The molecule has 0 aliphatic carbocycles. The molecule has 0 spiro atoms. The molecule has 10 heteroatoms. The van der Waals surface area contributed by atoms with Gasteiger partial charge in [0.2, 0.25) is 5.91 Å². The Bertz CT molecular complexity index is 1200. The number of unbranched alkanes of at least 4 members (excludes halogenated alkanes) is 8. The van der Waals surface area contributed by atoms with Gasteiger partial charge in [-0.2, -0.15) is 21.6 Å². The summed E-state index contributed by atoms with van der Waals surface area (Å²) in [7, 11) is -3.27. The normalized spacial score (nSPS) is 12.7. The highest BCUT2D eigenvalue weighted by atomic mass is 32.2. The van der Waals surface area contributed by atoms with Crippen molar-refractivity contribution in [2.75, 3.05) is 7.11 Å². The van der Waals surface area contributed by atoms with E-state index >= 15 is 0 Å². The summed E-state index contributed by atoms with van der Waals surface area (Å²) in [5, 5.41) is 0. The molecule has 0 aliphatic heterocycles. The molecule has 0 aliphatic rings. The molecule has 41 heavy (non-hydrogen) atoms. The number of alkyl halides is 3. The van der Waals surface area contributed by atoms with Gasteiger partial charge in [0.05, 0.1) is 12.7 Å². The van der Waals surface area contributed by atoms with E-state index in [9.17, 15) is 26.4 Å². The number of halogens is 3. The van der Waals surface area contributed by atoms with Crippen molar-refractivity contribution in [2.45, 2.75) is 115 Å². The van der Waals surface area contributed by atoms with Crippen molar-refractivity contribution < 1.29 is 35.3 Å². The van der Waals surface area contributed by atoms with Crippen LogP contribution in [0.3, 0.4) is 0 Å². The maximum absolute atomic E-state index is 13.2. The number of hydrogen-bond donors (Lipinski definition) is 0. The van der Waals surface area contributed by atoms with E-state index in [1.54, 1.807) is 11.0 Å². The molecule has 0 bridgehead atoms. The van der Waals surface area contributed by atoms with E-state index in [1.165, 1.54) is 57.8 Å². The number of methoxy groups -OCH3 is 1. The first-order chi connectivity index (χ1) is 19.4. The maximum atomic E-state index is 13.2. The van der Waals surface area contributed by atoms with Gasteiger partial charge in [0.1, 0.15) is 4.90 Å². The van der Waals surface area contributed by atoms with E-state index in [1.807, 2.05) is 13.8 Å². The molecule has 1 unspecified atom stereocenters. The van der Waals surface area contributed by atoms with Crippen molar-refractivity contribution in [3.63, 3.8) is 0 Å². The number of ether oxygens (including phenoxy) is 1. The average molecular weight is 600 g/mol. The molecule has 230 valence electrons. The lowest BCUT2D eigenvalue weighted by Crippen LogP contribution is -2.37. The van der Waals surface area contributed by atoms with Crippen molar-refractivity contribution in [2.24, 2.45) is 0 Å². The van der Waals surface area contributed by atoms with Gasteiger partial charge in [0.25, 0.3) is 0 Å². The van der Waals surface area contributed by atoms with E-state index in [0.717, 1.165) is 43.9 Å². The van der Waals surface area contributed by atoms with Gasteiger partial charge >= 0.3 is 16.3 Å². The molecule has 2 rings (SSSR count). The van der Waals surface area contributed by atoms with Crippen LogP contribution in [0.15, 0.2) is 47.4 Å². The van der Waals surface area contributed by atoms with Gasteiger partial charge in [-0.3, -0.25) is 4.79 Å². The first-order valence-electron chi connectivity index (χ1n) is 14.5. The molecule has 0 saturated carbocycles. The maximum Gasteiger partial charge on any atom is 0.416 e. The number of carbonyl (C=O) groups excluding carboxylic acids is 1. The number of rotatable bonds is 18. The summed E-state index contributed by atoms with van der Waals surface area (Å²) in [5.41, 5.74) is -0.488. The Hall–Kier alpha value is -2.75. The standard InChI is InChI=1S/C31H44F3NO5S/c1-5-7-8-9-10-11-12-13-14-18-30(36)35(24(3)6-2)23-25-19-20-28(39-4)29(21-25)40-41(37,38)27-17-15-16-26(22-27)31(32,33)34/h15-17,19-22,24H,5-14,18,23H2,1-4H3. The van der Waals surface area contributed by atoms with Crippen LogP contribution in [0.4, 0.5) is 13.2 Å². The first-order valence-corrected chi connectivity index (χ1v) is 15.9. The monoisotopic (exact) mass is 599 g/mol. The van der Waals surface area contributed by atoms with E-state index in [4.69, 9.17) is 8.92 Å². The van der Waals surface area contributed by atoms with Crippen LogP contribution < -0.4 is 8.92 Å². The number of hydrogen-bond acceptors (Lipinski definition) is 5. The van der Waals surface area contributed by atoms with Crippen molar-refractivity contribution in [1.82, 2.24) is 4.90 Å². The van der Waals surface area contributed by atoms with E-state index in [0.29, 0.717) is 18.1 Å². The zero-order valence-electron chi connectivity index (χ0n) is 24.6. The predicted octanol–water partition coefficient (Wildman–Crippen LogP) is 8.53. The predicted molar refractivity (Wildman–Crippen MR) is 154 cm³/mol. The summed E-state index contributed by atoms with van der Waals surface area (Å²) in [6.07, 6.45) is 6.89. The summed E-state index contributed by atoms with van der Waals surface area (Å²) >= 11 is 0. The summed E-state index contributed by atoms with van der Waals surface area (Å²) in [5.74, 6) is -0.0459. The number of carbonyl (C=O) groups is 1. The highest BCUT2D eigenvalue weighted by Crippen LogP contribution is 2.34. The first kappa shape index (κ1) is 34.5. The molecule has 0 saturated heterocycles. The highest BCUT2D eigenvalue weighted by Gasteiger charge is 2.32. The smallest absolute Gasteiger partial charge is 0.416 e. The van der Waals surface area contributed by atoms with Gasteiger partial charge in [-0.05, 0) is 55.7 Å².